The molecular formula is C19H21NS. The molecule has 1 aromatic heterocycles. The average molecular weight is 295 g/mol. The molecule has 1 aromatic carbocycles. The Hall–Kier alpha value is -1.38. The van der Waals surface area contributed by atoms with Gasteiger partial charge in [-0.3, -0.25) is 0 Å². The van der Waals surface area contributed by atoms with Gasteiger partial charge in [-0.05, 0) is 54.1 Å². The SMILES string of the molecule is C1=CC2CC1CC2CNC(c1ccccc1)c1cccs1. The summed E-state index contributed by atoms with van der Waals surface area (Å²) in [6.07, 6.45) is 7.64. The van der Waals surface area contributed by atoms with Crippen LogP contribution < -0.4 is 5.32 Å². The van der Waals surface area contributed by atoms with Crippen molar-refractivity contribution in [3.05, 3.63) is 70.4 Å². The Balaban J connectivity index is 1.50. The molecule has 1 saturated carbocycles. The molecule has 2 heteroatoms. The molecule has 1 fully saturated rings. The summed E-state index contributed by atoms with van der Waals surface area (Å²) < 4.78 is 0. The number of allylic oxidation sites excluding steroid dienone is 2. The highest BCUT2D eigenvalue weighted by Gasteiger charge is 2.35. The van der Waals surface area contributed by atoms with Crippen LogP contribution >= 0.6 is 11.3 Å². The van der Waals surface area contributed by atoms with Gasteiger partial charge in [0.05, 0.1) is 6.04 Å². The molecule has 21 heavy (non-hydrogen) atoms. The van der Waals surface area contributed by atoms with Crippen molar-refractivity contribution in [2.75, 3.05) is 6.54 Å². The Morgan fingerprint density at radius 2 is 1.95 bits per heavy atom. The third-order valence-corrected chi connectivity index (χ3v) is 5.90. The molecule has 1 N–H and O–H groups in total. The first-order chi connectivity index (χ1) is 10.4. The topological polar surface area (TPSA) is 12.0 Å². The van der Waals surface area contributed by atoms with Crippen molar-refractivity contribution >= 4 is 11.3 Å². The van der Waals surface area contributed by atoms with Gasteiger partial charge in [0, 0.05) is 4.88 Å². The van der Waals surface area contributed by atoms with Gasteiger partial charge in [0.1, 0.15) is 0 Å². The van der Waals surface area contributed by atoms with Gasteiger partial charge in [0.15, 0.2) is 0 Å². The van der Waals surface area contributed by atoms with Crippen molar-refractivity contribution in [2.24, 2.45) is 17.8 Å². The van der Waals surface area contributed by atoms with Crippen LogP contribution in [0.3, 0.4) is 0 Å². The van der Waals surface area contributed by atoms with Crippen LogP contribution in [0.1, 0.15) is 29.3 Å². The molecule has 0 amide bonds. The molecule has 0 spiro atoms. The molecule has 2 aliphatic rings. The van der Waals surface area contributed by atoms with Gasteiger partial charge < -0.3 is 5.32 Å². The van der Waals surface area contributed by atoms with E-state index in [9.17, 15) is 0 Å². The lowest BCUT2D eigenvalue weighted by Gasteiger charge is -2.24. The molecule has 0 saturated heterocycles. The molecule has 2 bridgehead atoms. The van der Waals surface area contributed by atoms with Crippen LogP contribution in [0, 0.1) is 17.8 Å². The highest BCUT2D eigenvalue weighted by molar-refractivity contribution is 7.10. The first-order valence-electron chi connectivity index (χ1n) is 7.90. The predicted octanol–water partition coefficient (Wildman–Crippen LogP) is 4.64. The summed E-state index contributed by atoms with van der Waals surface area (Å²) in [4.78, 5) is 1.42. The Kier molecular flexibility index (Phi) is 3.66. The van der Waals surface area contributed by atoms with Gasteiger partial charge >= 0.3 is 0 Å². The zero-order chi connectivity index (χ0) is 14.1. The van der Waals surface area contributed by atoms with E-state index in [4.69, 9.17) is 0 Å². The molecule has 1 heterocycles. The number of nitrogens with one attached hydrogen (secondary N) is 1. The summed E-state index contributed by atoms with van der Waals surface area (Å²) in [6.45, 7) is 1.13. The van der Waals surface area contributed by atoms with Gasteiger partial charge in [-0.15, -0.1) is 11.3 Å². The van der Waals surface area contributed by atoms with E-state index in [0.29, 0.717) is 6.04 Å². The summed E-state index contributed by atoms with van der Waals surface area (Å²) in [5.41, 5.74) is 1.37. The van der Waals surface area contributed by atoms with Crippen LogP contribution in [0.15, 0.2) is 60.0 Å². The van der Waals surface area contributed by atoms with Crippen LogP contribution in [0.25, 0.3) is 0 Å². The Morgan fingerprint density at radius 1 is 1.05 bits per heavy atom. The average Bonchev–Trinajstić information content (AvgIpc) is 3.26. The molecule has 4 unspecified atom stereocenters. The molecule has 4 atom stereocenters. The van der Waals surface area contributed by atoms with Crippen LogP contribution in [-0.4, -0.2) is 6.54 Å². The summed E-state index contributed by atoms with van der Waals surface area (Å²) in [6, 6.07) is 15.6. The van der Waals surface area contributed by atoms with Crippen molar-refractivity contribution < 1.29 is 0 Å². The van der Waals surface area contributed by atoms with E-state index in [1.54, 1.807) is 0 Å². The quantitative estimate of drug-likeness (QED) is 0.792. The lowest BCUT2D eigenvalue weighted by molar-refractivity contribution is 0.401. The summed E-state index contributed by atoms with van der Waals surface area (Å²) in [5.74, 6) is 2.51. The normalized spacial score (nSPS) is 28.1. The molecule has 2 aromatic rings. The maximum Gasteiger partial charge on any atom is 0.0671 e. The van der Waals surface area contributed by atoms with E-state index < -0.39 is 0 Å². The van der Waals surface area contributed by atoms with Gasteiger partial charge in [-0.2, -0.15) is 0 Å². The second-order valence-electron chi connectivity index (χ2n) is 6.31. The van der Waals surface area contributed by atoms with Crippen molar-refractivity contribution in [1.29, 1.82) is 0 Å². The molecule has 0 radical (unpaired) electrons. The maximum absolute atomic E-state index is 3.84. The second-order valence-corrected chi connectivity index (χ2v) is 7.29. The van der Waals surface area contributed by atoms with Crippen molar-refractivity contribution in [3.8, 4) is 0 Å². The first-order valence-corrected chi connectivity index (χ1v) is 8.78. The third kappa shape index (κ3) is 2.70. The van der Waals surface area contributed by atoms with Crippen LogP contribution in [0.4, 0.5) is 0 Å². The predicted molar refractivity (Wildman–Crippen MR) is 89.5 cm³/mol. The number of hydrogen-bond donors (Lipinski definition) is 1. The highest BCUT2D eigenvalue weighted by atomic mass is 32.1. The number of rotatable bonds is 5. The lowest BCUT2D eigenvalue weighted by Crippen LogP contribution is -2.29. The Morgan fingerprint density at radius 3 is 2.62 bits per heavy atom. The van der Waals surface area contributed by atoms with E-state index in [2.05, 4.69) is 65.3 Å². The largest absolute Gasteiger partial charge is 0.305 e. The summed E-state index contributed by atoms with van der Waals surface area (Å²) in [5, 5.41) is 6.02. The fraction of sp³-hybridized carbons (Fsp3) is 0.368. The number of benzene rings is 1. The van der Waals surface area contributed by atoms with Gasteiger partial charge in [0.25, 0.3) is 0 Å². The zero-order valence-electron chi connectivity index (χ0n) is 12.1. The number of hydrogen-bond acceptors (Lipinski definition) is 2. The van der Waals surface area contributed by atoms with E-state index in [0.717, 1.165) is 24.3 Å². The van der Waals surface area contributed by atoms with Gasteiger partial charge in [0.2, 0.25) is 0 Å². The standard InChI is InChI=1S/C19H21NS/c1-2-5-15(6-3-1)19(18-7-4-10-21-18)20-13-17-12-14-8-9-16(17)11-14/h1-10,14,16-17,19-20H,11-13H2. The van der Waals surface area contributed by atoms with Crippen molar-refractivity contribution in [2.45, 2.75) is 18.9 Å². The third-order valence-electron chi connectivity index (χ3n) is 4.96. The number of thiophene rings is 1. The zero-order valence-corrected chi connectivity index (χ0v) is 12.9. The van der Waals surface area contributed by atoms with Gasteiger partial charge in [-0.1, -0.05) is 48.6 Å². The molecule has 1 nitrogen and oxygen atoms in total. The van der Waals surface area contributed by atoms with Crippen LogP contribution in [0.5, 0.6) is 0 Å². The second kappa shape index (κ2) is 5.78. The number of fused-ring (bicyclic) bond motifs is 2. The van der Waals surface area contributed by atoms with Crippen molar-refractivity contribution in [1.82, 2.24) is 5.32 Å². The summed E-state index contributed by atoms with van der Waals surface area (Å²) >= 11 is 1.85. The minimum atomic E-state index is 0.342. The minimum Gasteiger partial charge on any atom is -0.305 e. The molecule has 108 valence electrons. The Bertz CT molecular complexity index is 602. The first kappa shape index (κ1) is 13.3. The van der Waals surface area contributed by atoms with E-state index in [-0.39, 0.29) is 0 Å². The summed E-state index contributed by atoms with van der Waals surface area (Å²) in [7, 11) is 0. The van der Waals surface area contributed by atoms with Gasteiger partial charge in [-0.25, -0.2) is 0 Å². The van der Waals surface area contributed by atoms with Crippen LogP contribution in [-0.2, 0) is 0 Å². The maximum atomic E-state index is 3.84. The Labute approximate surface area is 130 Å². The van der Waals surface area contributed by atoms with Crippen molar-refractivity contribution in [3.63, 3.8) is 0 Å². The fourth-order valence-electron chi connectivity index (χ4n) is 3.88. The smallest absolute Gasteiger partial charge is 0.0671 e. The van der Waals surface area contributed by atoms with E-state index >= 15 is 0 Å². The molecule has 2 aliphatic carbocycles. The monoisotopic (exact) mass is 295 g/mol. The van der Waals surface area contributed by atoms with E-state index in [1.165, 1.54) is 23.3 Å². The molecular weight excluding hydrogens is 274 g/mol. The van der Waals surface area contributed by atoms with Crippen LogP contribution in [0.2, 0.25) is 0 Å². The highest BCUT2D eigenvalue weighted by Crippen LogP contribution is 2.43. The minimum absolute atomic E-state index is 0.342. The lowest BCUT2D eigenvalue weighted by atomic mass is 9.93. The van der Waals surface area contributed by atoms with E-state index in [1.807, 2.05) is 11.3 Å². The molecule has 0 aliphatic heterocycles. The fourth-order valence-corrected chi connectivity index (χ4v) is 4.71. The molecule has 4 rings (SSSR count).